The van der Waals surface area contributed by atoms with Gasteiger partial charge in [-0.1, -0.05) is 11.6 Å². The molecule has 0 radical (unpaired) electrons. The van der Waals surface area contributed by atoms with Crippen molar-refractivity contribution in [3.63, 3.8) is 0 Å². The van der Waals surface area contributed by atoms with E-state index >= 15 is 0 Å². The molecule has 1 aliphatic carbocycles. The number of likely N-dealkylation sites (tertiary alicyclic amines) is 1. The van der Waals surface area contributed by atoms with Crippen LogP contribution in [0.25, 0.3) is 0 Å². The summed E-state index contributed by atoms with van der Waals surface area (Å²) in [5, 5.41) is 8.85. The zero-order valence-corrected chi connectivity index (χ0v) is 20.7. The quantitative estimate of drug-likeness (QED) is 0.497. The summed E-state index contributed by atoms with van der Waals surface area (Å²) in [5.41, 5.74) is 0.424. The van der Waals surface area contributed by atoms with Crippen LogP contribution in [0.4, 0.5) is 15.2 Å². The van der Waals surface area contributed by atoms with Crippen molar-refractivity contribution in [2.75, 3.05) is 42.8 Å². The summed E-state index contributed by atoms with van der Waals surface area (Å²) in [6, 6.07) is 2.99. The Morgan fingerprint density at radius 3 is 2.73 bits per heavy atom. The number of anilines is 2. The number of nitrogens with zero attached hydrogens (tertiary/aromatic N) is 2. The van der Waals surface area contributed by atoms with Gasteiger partial charge in [0.25, 0.3) is 10.0 Å². The monoisotopic (exact) mass is 513 g/mol. The molecule has 1 saturated carbocycles. The van der Waals surface area contributed by atoms with Gasteiger partial charge in [0.1, 0.15) is 10.7 Å². The van der Waals surface area contributed by atoms with Gasteiger partial charge >= 0.3 is 0 Å². The molecule has 1 aromatic carbocycles. The standard InChI is InChI=1S/C22H29ClFN5O2S2/c23-18-8-21(33(30,31)28-22-26-4-5-32-22)19(24)9-20(18)27-10-14-6-15-11-29(12-16(15)7-14)13-17-2-1-3-25-17/h4-5,8-9,14-17,25,27H,1-3,6-7,10-13H2,(H,26,28)/t14?,15-,16+,17-/m0/s1. The fourth-order valence-electron chi connectivity index (χ4n) is 5.63. The smallest absolute Gasteiger partial charge is 0.266 e. The molecule has 33 heavy (non-hydrogen) atoms. The molecule has 2 aromatic rings. The van der Waals surface area contributed by atoms with Crippen molar-refractivity contribution in [2.45, 2.75) is 36.6 Å². The molecule has 5 rings (SSSR count). The molecule has 11 heteroatoms. The summed E-state index contributed by atoms with van der Waals surface area (Å²) in [4.78, 5) is 6.01. The Labute approximate surface area is 203 Å². The lowest BCUT2D eigenvalue weighted by Crippen LogP contribution is -2.37. The molecule has 2 aliphatic heterocycles. The van der Waals surface area contributed by atoms with Crippen molar-refractivity contribution in [1.29, 1.82) is 0 Å². The topological polar surface area (TPSA) is 86.4 Å². The SMILES string of the molecule is O=S(=O)(Nc1nccs1)c1cc(Cl)c(NCC2C[C@@H]3CN(C[C@@H]4CCCN4)C[C@@H]3C2)cc1F. The maximum absolute atomic E-state index is 14.7. The summed E-state index contributed by atoms with van der Waals surface area (Å²) >= 11 is 7.44. The number of aromatic nitrogens is 1. The molecule has 0 bridgehead atoms. The normalized spacial score (nSPS) is 27.7. The summed E-state index contributed by atoms with van der Waals surface area (Å²) in [5.74, 6) is 1.14. The van der Waals surface area contributed by atoms with Crippen LogP contribution in [0, 0.1) is 23.6 Å². The van der Waals surface area contributed by atoms with E-state index in [1.54, 1.807) is 5.38 Å². The summed E-state index contributed by atoms with van der Waals surface area (Å²) in [6.45, 7) is 5.37. The fourth-order valence-corrected chi connectivity index (χ4v) is 7.80. The number of benzene rings is 1. The highest BCUT2D eigenvalue weighted by Crippen LogP contribution is 2.42. The van der Waals surface area contributed by atoms with Crippen molar-refractivity contribution >= 4 is 43.8 Å². The molecular weight excluding hydrogens is 485 g/mol. The zero-order chi connectivity index (χ0) is 23.0. The largest absolute Gasteiger partial charge is 0.383 e. The minimum Gasteiger partial charge on any atom is -0.383 e. The second kappa shape index (κ2) is 9.65. The van der Waals surface area contributed by atoms with E-state index in [0.717, 1.165) is 55.2 Å². The van der Waals surface area contributed by atoms with Crippen molar-refractivity contribution in [1.82, 2.24) is 15.2 Å². The highest BCUT2D eigenvalue weighted by Gasteiger charge is 2.41. The molecule has 3 N–H and O–H groups in total. The molecule has 3 fully saturated rings. The maximum Gasteiger partial charge on any atom is 0.266 e. The molecule has 4 atom stereocenters. The van der Waals surface area contributed by atoms with Gasteiger partial charge in [-0.25, -0.2) is 17.8 Å². The van der Waals surface area contributed by atoms with E-state index in [-0.39, 0.29) is 10.2 Å². The lowest BCUT2D eigenvalue weighted by Gasteiger charge is -2.22. The van der Waals surface area contributed by atoms with E-state index in [4.69, 9.17) is 11.6 Å². The Morgan fingerprint density at radius 1 is 1.27 bits per heavy atom. The van der Waals surface area contributed by atoms with Gasteiger partial charge in [-0.15, -0.1) is 11.3 Å². The third-order valence-corrected chi connectivity index (χ3v) is 9.60. The molecule has 3 aliphatic rings. The van der Waals surface area contributed by atoms with Crippen LogP contribution in [0.3, 0.4) is 0 Å². The Bertz CT molecular complexity index is 1060. The van der Waals surface area contributed by atoms with Crippen LogP contribution >= 0.6 is 22.9 Å². The average molecular weight is 514 g/mol. The van der Waals surface area contributed by atoms with Gasteiger partial charge in [0, 0.05) is 43.8 Å². The lowest BCUT2D eigenvalue weighted by atomic mass is 10.0. The minimum absolute atomic E-state index is 0.178. The first-order valence-electron chi connectivity index (χ1n) is 11.5. The predicted octanol–water partition coefficient (Wildman–Crippen LogP) is 3.86. The Hall–Kier alpha value is -1.46. The molecule has 0 amide bonds. The maximum atomic E-state index is 14.7. The third kappa shape index (κ3) is 5.30. The van der Waals surface area contributed by atoms with Crippen LogP contribution in [-0.2, 0) is 10.0 Å². The van der Waals surface area contributed by atoms with Crippen LogP contribution in [0.15, 0.2) is 28.6 Å². The van der Waals surface area contributed by atoms with Gasteiger partial charge in [0.2, 0.25) is 0 Å². The van der Waals surface area contributed by atoms with E-state index in [0.29, 0.717) is 24.2 Å². The lowest BCUT2D eigenvalue weighted by molar-refractivity contribution is 0.273. The molecule has 2 saturated heterocycles. The summed E-state index contributed by atoms with van der Waals surface area (Å²) < 4.78 is 42.0. The second-order valence-electron chi connectivity index (χ2n) is 9.46. The molecule has 1 unspecified atom stereocenters. The number of thiazole rings is 1. The zero-order valence-electron chi connectivity index (χ0n) is 18.3. The average Bonchev–Trinajstić information content (AvgIpc) is 3.54. The first-order chi connectivity index (χ1) is 15.9. The number of sulfonamides is 1. The van der Waals surface area contributed by atoms with E-state index in [9.17, 15) is 12.8 Å². The number of hydrogen-bond donors (Lipinski definition) is 3. The van der Waals surface area contributed by atoms with E-state index in [2.05, 4.69) is 25.2 Å². The molecular formula is C22H29ClFN5O2S2. The molecule has 0 spiro atoms. The predicted molar refractivity (Wildman–Crippen MR) is 130 cm³/mol. The van der Waals surface area contributed by atoms with E-state index in [1.165, 1.54) is 38.2 Å². The highest BCUT2D eigenvalue weighted by molar-refractivity contribution is 7.93. The van der Waals surface area contributed by atoms with Gasteiger partial charge in [0.15, 0.2) is 5.13 Å². The van der Waals surface area contributed by atoms with Crippen LogP contribution in [0.5, 0.6) is 0 Å². The van der Waals surface area contributed by atoms with Gasteiger partial charge in [-0.05, 0) is 62.1 Å². The Kier molecular flexibility index (Phi) is 6.81. The number of nitrogens with one attached hydrogen (secondary N) is 3. The van der Waals surface area contributed by atoms with Crippen molar-refractivity contribution < 1.29 is 12.8 Å². The van der Waals surface area contributed by atoms with Gasteiger partial charge in [0.05, 0.1) is 10.7 Å². The second-order valence-corrected chi connectivity index (χ2v) is 12.4. The fraction of sp³-hybridized carbons (Fsp3) is 0.591. The van der Waals surface area contributed by atoms with Crippen LogP contribution < -0.4 is 15.4 Å². The first kappa shape index (κ1) is 23.3. The third-order valence-electron chi connectivity index (χ3n) is 7.11. The molecule has 3 heterocycles. The molecule has 7 nitrogen and oxygen atoms in total. The molecule has 1 aromatic heterocycles. The van der Waals surface area contributed by atoms with Gasteiger partial charge in [-0.2, -0.15) is 0 Å². The van der Waals surface area contributed by atoms with Gasteiger partial charge in [-0.3, -0.25) is 4.72 Å². The first-order valence-corrected chi connectivity index (χ1v) is 14.2. The summed E-state index contributed by atoms with van der Waals surface area (Å²) in [7, 11) is -4.11. The van der Waals surface area contributed by atoms with E-state index < -0.39 is 20.7 Å². The van der Waals surface area contributed by atoms with Crippen molar-refractivity contribution in [2.24, 2.45) is 17.8 Å². The molecule has 180 valence electrons. The van der Waals surface area contributed by atoms with Gasteiger partial charge < -0.3 is 15.5 Å². The van der Waals surface area contributed by atoms with Crippen molar-refractivity contribution in [3.05, 3.63) is 34.5 Å². The number of rotatable bonds is 8. The van der Waals surface area contributed by atoms with Crippen molar-refractivity contribution in [3.8, 4) is 0 Å². The highest BCUT2D eigenvalue weighted by atomic mass is 35.5. The van der Waals surface area contributed by atoms with Crippen LogP contribution in [-0.4, -0.2) is 57.1 Å². The summed E-state index contributed by atoms with van der Waals surface area (Å²) in [6.07, 6.45) is 6.38. The number of fused-ring (bicyclic) bond motifs is 1. The van der Waals surface area contributed by atoms with Crippen LogP contribution in [0.2, 0.25) is 5.02 Å². The Morgan fingerprint density at radius 2 is 2.06 bits per heavy atom. The Balaban J connectivity index is 1.15. The minimum atomic E-state index is -4.11. The number of hydrogen-bond acceptors (Lipinski definition) is 7. The van der Waals surface area contributed by atoms with Crippen LogP contribution in [0.1, 0.15) is 25.7 Å². The number of halogens is 2. The van der Waals surface area contributed by atoms with E-state index in [1.807, 2.05) is 0 Å².